The summed E-state index contributed by atoms with van der Waals surface area (Å²) in [6.45, 7) is 5.21. The van der Waals surface area contributed by atoms with Crippen molar-refractivity contribution in [2.45, 2.75) is 39.2 Å². The summed E-state index contributed by atoms with van der Waals surface area (Å²) in [6.07, 6.45) is 3.75. The first-order valence-corrected chi connectivity index (χ1v) is 8.33. The minimum atomic E-state index is 0.260. The number of rotatable bonds is 2. The van der Waals surface area contributed by atoms with Crippen molar-refractivity contribution in [3.8, 4) is 0 Å². The Bertz CT molecular complexity index is 540. The van der Waals surface area contributed by atoms with E-state index in [0.717, 1.165) is 11.7 Å². The molecule has 1 aromatic rings. The van der Waals surface area contributed by atoms with Crippen molar-refractivity contribution in [3.05, 3.63) is 35.9 Å². The third-order valence-corrected chi connectivity index (χ3v) is 4.91. The van der Waals surface area contributed by atoms with E-state index >= 15 is 0 Å². The van der Waals surface area contributed by atoms with Crippen LogP contribution in [-0.4, -0.2) is 22.4 Å². The Morgan fingerprint density at radius 1 is 1.33 bits per heavy atom. The standard InChI is InChI=1S/C17H23N3S/c1-3-18-17(21)20-16(13-9-5-4-6-10-13)14-11-7-8-12(2)15(14)19-20/h4-6,9-10,12,14,16H,3,7-8,11H2,1-2H3,(H,18,21)/t12?,14-,16-/m0/s1. The molecule has 21 heavy (non-hydrogen) atoms. The van der Waals surface area contributed by atoms with E-state index in [1.54, 1.807) is 0 Å². The van der Waals surface area contributed by atoms with Crippen LogP contribution >= 0.6 is 12.2 Å². The van der Waals surface area contributed by atoms with E-state index in [-0.39, 0.29) is 6.04 Å². The highest BCUT2D eigenvalue weighted by atomic mass is 32.1. The van der Waals surface area contributed by atoms with Crippen LogP contribution < -0.4 is 5.32 Å². The lowest BCUT2D eigenvalue weighted by Gasteiger charge is -2.31. The number of hydrogen-bond donors (Lipinski definition) is 1. The predicted octanol–water partition coefficient (Wildman–Crippen LogP) is 3.73. The van der Waals surface area contributed by atoms with Crippen molar-refractivity contribution < 1.29 is 0 Å². The molecule has 0 aromatic heterocycles. The molecular formula is C17H23N3S. The summed E-state index contributed by atoms with van der Waals surface area (Å²) in [5.41, 5.74) is 2.66. The second kappa shape index (κ2) is 6.14. The molecule has 112 valence electrons. The van der Waals surface area contributed by atoms with Gasteiger partial charge < -0.3 is 5.32 Å². The molecule has 0 spiro atoms. The first-order valence-electron chi connectivity index (χ1n) is 7.92. The van der Waals surface area contributed by atoms with Crippen LogP contribution in [0.3, 0.4) is 0 Å². The highest BCUT2D eigenvalue weighted by Gasteiger charge is 2.43. The highest BCUT2D eigenvalue weighted by molar-refractivity contribution is 7.80. The number of nitrogens with zero attached hydrogens (tertiary/aromatic N) is 2. The topological polar surface area (TPSA) is 27.6 Å². The van der Waals surface area contributed by atoms with E-state index in [0.29, 0.717) is 11.8 Å². The van der Waals surface area contributed by atoms with Gasteiger partial charge in [-0.05, 0) is 43.5 Å². The molecule has 0 bridgehead atoms. The summed E-state index contributed by atoms with van der Waals surface area (Å²) in [4.78, 5) is 0. The van der Waals surface area contributed by atoms with Gasteiger partial charge in [-0.3, -0.25) is 0 Å². The largest absolute Gasteiger partial charge is 0.361 e. The molecule has 0 radical (unpaired) electrons. The van der Waals surface area contributed by atoms with Crippen LogP contribution in [0, 0.1) is 11.8 Å². The van der Waals surface area contributed by atoms with Gasteiger partial charge in [0.05, 0.1) is 6.04 Å². The van der Waals surface area contributed by atoms with Crippen LogP contribution in [0.25, 0.3) is 0 Å². The second-order valence-electron chi connectivity index (χ2n) is 6.00. The molecule has 1 aliphatic carbocycles. The number of fused-ring (bicyclic) bond motifs is 1. The Kier molecular flexibility index (Phi) is 4.24. The van der Waals surface area contributed by atoms with Gasteiger partial charge in [-0.25, -0.2) is 5.01 Å². The van der Waals surface area contributed by atoms with Crippen molar-refractivity contribution >= 4 is 23.0 Å². The minimum absolute atomic E-state index is 0.260. The molecule has 1 fully saturated rings. The summed E-state index contributed by atoms with van der Waals surface area (Å²) in [7, 11) is 0. The average Bonchev–Trinajstić information content (AvgIpc) is 2.89. The van der Waals surface area contributed by atoms with Crippen LogP contribution in [0.1, 0.15) is 44.7 Å². The van der Waals surface area contributed by atoms with E-state index in [2.05, 4.69) is 54.5 Å². The normalized spacial score (nSPS) is 28.0. The summed E-state index contributed by atoms with van der Waals surface area (Å²) in [5, 5.41) is 11.0. The fourth-order valence-electron chi connectivity index (χ4n) is 3.58. The van der Waals surface area contributed by atoms with Crippen LogP contribution in [0.4, 0.5) is 0 Å². The Balaban J connectivity index is 1.96. The number of thiocarbonyl (C=S) groups is 1. The average molecular weight is 301 g/mol. The third kappa shape index (κ3) is 2.69. The van der Waals surface area contributed by atoms with Gasteiger partial charge in [0, 0.05) is 18.2 Å². The summed E-state index contributed by atoms with van der Waals surface area (Å²) >= 11 is 5.56. The van der Waals surface area contributed by atoms with E-state index in [1.807, 2.05) is 0 Å². The molecule has 2 aliphatic rings. The molecule has 1 unspecified atom stereocenters. The predicted molar refractivity (Wildman–Crippen MR) is 91.2 cm³/mol. The lowest BCUT2D eigenvalue weighted by molar-refractivity contribution is 0.293. The number of benzene rings is 1. The Hall–Kier alpha value is -1.42. The summed E-state index contributed by atoms with van der Waals surface area (Å²) in [6, 6.07) is 10.9. The zero-order chi connectivity index (χ0) is 14.8. The van der Waals surface area contributed by atoms with E-state index < -0.39 is 0 Å². The van der Waals surface area contributed by atoms with Crippen LogP contribution in [0.15, 0.2) is 35.4 Å². The van der Waals surface area contributed by atoms with E-state index in [4.69, 9.17) is 17.3 Å². The first-order chi connectivity index (χ1) is 10.2. The SMILES string of the molecule is CCNC(=S)N1N=C2C(C)CCC[C@@H]2[C@@H]1c1ccccc1. The van der Waals surface area contributed by atoms with Gasteiger partial charge in [0.25, 0.3) is 0 Å². The number of hydrazone groups is 1. The molecule has 0 amide bonds. The molecular weight excluding hydrogens is 278 g/mol. The Morgan fingerprint density at radius 3 is 2.81 bits per heavy atom. The van der Waals surface area contributed by atoms with Crippen molar-refractivity contribution in [1.29, 1.82) is 0 Å². The van der Waals surface area contributed by atoms with Gasteiger partial charge >= 0.3 is 0 Å². The van der Waals surface area contributed by atoms with Gasteiger partial charge in [-0.2, -0.15) is 5.10 Å². The molecule has 1 N–H and O–H groups in total. The Labute approximate surface area is 132 Å². The molecule has 3 atom stereocenters. The van der Waals surface area contributed by atoms with Crippen LogP contribution in [0.5, 0.6) is 0 Å². The van der Waals surface area contributed by atoms with Crippen molar-refractivity contribution in [2.24, 2.45) is 16.9 Å². The molecule has 3 nitrogen and oxygen atoms in total. The van der Waals surface area contributed by atoms with Gasteiger partial charge in [0.15, 0.2) is 5.11 Å². The monoisotopic (exact) mass is 301 g/mol. The lowest BCUT2D eigenvalue weighted by atomic mass is 9.76. The number of hydrogen-bond acceptors (Lipinski definition) is 2. The van der Waals surface area contributed by atoms with Crippen molar-refractivity contribution in [3.63, 3.8) is 0 Å². The third-order valence-electron chi connectivity index (χ3n) is 4.58. The van der Waals surface area contributed by atoms with E-state index in [9.17, 15) is 0 Å². The van der Waals surface area contributed by atoms with Gasteiger partial charge in [0.1, 0.15) is 0 Å². The molecule has 3 rings (SSSR count). The smallest absolute Gasteiger partial charge is 0.190 e. The maximum Gasteiger partial charge on any atom is 0.190 e. The van der Waals surface area contributed by atoms with E-state index in [1.165, 1.54) is 30.5 Å². The molecule has 0 saturated heterocycles. The summed E-state index contributed by atoms with van der Waals surface area (Å²) < 4.78 is 0. The zero-order valence-electron chi connectivity index (χ0n) is 12.7. The zero-order valence-corrected chi connectivity index (χ0v) is 13.6. The molecule has 1 aromatic carbocycles. The highest BCUT2D eigenvalue weighted by Crippen LogP contribution is 2.43. The molecule has 1 saturated carbocycles. The molecule has 1 heterocycles. The van der Waals surface area contributed by atoms with Gasteiger partial charge in [0.2, 0.25) is 0 Å². The van der Waals surface area contributed by atoms with Crippen molar-refractivity contribution in [2.75, 3.05) is 6.54 Å². The maximum absolute atomic E-state index is 5.56. The van der Waals surface area contributed by atoms with Gasteiger partial charge in [-0.1, -0.05) is 43.7 Å². The lowest BCUT2D eigenvalue weighted by Crippen LogP contribution is -2.38. The summed E-state index contributed by atoms with van der Waals surface area (Å²) in [5.74, 6) is 1.08. The molecule has 4 heteroatoms. The Morgan fingerprint density at radius 2 is 2.10 bits per heavy atom. The minimum Gasteiger partial charge on any atom is -0.361 e. The van der Waals surface area contributed by atoms with Crippen LogP contribution in [-0.2, 0) is 0 Å². The first kappa shape index (κ1) is 14.5. The van der Waals surface area contributed by atoms with Crippen LogP contribution in [0.2, 0.25) is 0 Å². The molecule has 1 aliphatic heterocycles. The number of nitrogens with one attached hydrogen (secondary N) is 1. The van der Waals surface area contributed by atoms with Crippen molar-refractivity contribution in [1.82, 2.24) is 10.3 Å². The maximum atomic E-state index is 5.56. The van der Waals surface area contributed by atoms with Gasteiger partial charge in [-0.15, -0.1) is 0 Å². The second-order valence-corrected chi connectivity index (χ2v) is 6.39. The fraction of sp³-hybridized carbons (Fsp3) is 0.529. The quantitative estimate of drug-likeness (QED) is 0.844. The fourth-order valence-corrected chi connectivity index (χ4v) is 3.88.